The van der Waals surface area contributed by atoms with Gasteiger partial charge in [0.05, 0.1) is 12.8 Å². The Morgan fingerprint density at radius 3 is 2.31 bits per heavy atom. The van der Waals surface area contributed by atoms with E-state index in [4.69, 9.17) is 20.0 Å². The van der Waals surface area contributed by atoms with Crippen LogP contribution in [0, 0.1) is 0 Å². The molecule has 0 aromatic heterocycles. The normalized spacial score (nSPS) is 14.1. The molecule has 1 atom stereocenters. The molecule has 0 spiro atoms. The standard InChI is InChI=1S/C5H12NO6P/c7-3-4(5(8)9)6-1-2-13(10,11)12/h4,6-7H,1-3H2,(H,8,9)(H2,10,11,12)/t4-/m0/s1. The highest BCUT2D eigenvalue weighted by atomic mass is 31.2. The van der Waals surface area contributed by atoms with Gasteiger partial charge in [-0.25, -0.2) is 0 Å². The molecule has 78 valence electrons. The summed E-state index contributed by atoms with van der Waals surface area (Å²) in [6, 6.07) is -1.17. The fraction of sp³-hybridized carbons (Fsp3) is 0.800. The van der Waals surface area contributed by atoms with Gasteiger partial charge in [-0.3, -0.25) is 9.36 Å². The maximum Gasteiger partial charge on any atom is 0.326 e. The first-order valence-electron chi connectivity index (χ1n) is 3.48. The van der Waals surface area contributed by atoms with E-state index in [9.17, 15) is 9.36 Å². The molecule has 0 heterocycles. The zero-order valence-corrected chi connectivity index (χ0v) is 7.65. The lowest BCUT2D eigenvalue weighted by Crippen LogP contribution is -2.40. The molecule has 0 aliphatic rings. The highest BCUT2D eigenvalue weighted by Gasteiger charge is 2.17. The minimum absolute atomic E-state index is 0.151. The van der Waals surface area contributed by atoms with Gasteiger partial charge in [-0.05, 0) is 0 Å². The average Bonchev–Trinajstić information content (AvgIpc) is 1.95. The molecular formula is C5H12NO6P. The number of hydrogen-bond donors (Lipinski definition) is 5. The van der Waals surface area contributed by atoms with Gasteiger partial charge in [-0.1, -0.05) is 0 Å². The molecule has 7 nitrogen and oxygen atoms in total. The van der Waals surface area contributed by atoms with Gasteiger partial charge in [0.25, 0.3) is 0 Å². The Balaban J connectivity index is 3.74. The smallest absolute Gasteiger partial charge is 0.326 e. The first-order chi connectivity index (χ1) is 5.87. The maximum atomic E-state index is 10.3. The van der Waals surface area contributed by atoms with Gasteiger partial charge in [0, 0.05) is 6.54 Å². The lowest BCUT2D eigenvalue weighted by atomic mass is 10.3. The van der Waals surface area contributed by atoms with Crippen LogP contribution < -0.4 is 5.32 Å². The van der Waals surface area contributed by atoms with E-state index in [1.807, 2.05) is 0 Å². The van der Waals surface area contributed by atoms with E-state index in [0.29, 0.717) is 0 Å². The predicted molar refractivity (Wildman–Crippen MR) is 43.4 cm³/mol. The molecule has 5 N–H and O–H groups in total. The summed E-state index contributed by atoms with van der Waals surface area (Å²) in [5.74, 6) is -1.26. The largest absolute Gasteiger partial charge is 0.480 e. The summed E-state index contributed by atoms with van der Waals surface area (Å²) in [6.45, 7) is -0.766. The Morgan fingerprint density at radius 2 is 2.00 bits per heavy atom. The third-order valence-corrected chi connectivity index (χ3v) is 2.08. The molecule has 0 bridgehead atoms. The van der Waals surface area contributed by atoms with E-state index in [2.05, 4.69) is 5.32 Å². The molecule has 0 unspecified atom stereocenters. The zero-order valence-electron chi connectivity index (χ0n) is 6.75. The highest BCUT2D eigenvalue weighted by molar-refractivity contribution is 7.51. The molecule has 0 aliphatic heterocycles. The van der Waals surface area contributed by atoms with Crippen LogP contribution in [0.1, 0.15) is 0 Å². The zero-order chi connectivity index (χ0) is 10.5. The van der Waals surface area contributed by atoms with Crippen molar-refractivity contribution in [1.29, 1.82) is 0 Å². The summed E-state index contributed by atoms with van der Waals surface area (Å²) >= 11 is 0. The van der Waals surface area contributed by atoms with Crippen LogP contribution in [0.3, 0.4) is 0 Å². The highest BCUT2D eigenvalue weighted by Crippen LogP contribution is 2.32. The Kier molecular flexibility index (Phi) is 5.12. The van der Waals surface area contributed by atoms with Crippen LogP contribution in [0.2, 0.25) is 0 Å². The van der Waals surface area contributed by atoms with Crippen molar-refractivity contribution in [3.05, 3.63) is 0 Å². The van der Waals surface area contributed by atoms with Crippen LogP contribution in [-0.2, 0) is 9.36 Å². The summed E-state index contributed by atoms with van der Waals surface area (Å²) < 4.78 is 10.3. The average molecular weight is 213 g/mol. The molecular weight excluding hydrogens is 201 g/mol. The summed E-state index contributed by atoms with van der Waals surface area (Å²) in [7, 11) is -4.10. The fourth-order valence-electron chi connectivity index (χ4n) is 0.614. The molecule has 13 heavy (non-hydrogen) atoms. The van der Waals surface area contributed by atoms with Crippen molar-refractivity contribution in [3.63, 3.8) is 0 Å². The van der Waals surface area contributed by atoms with Crippen LogP contribution >= 0.6 is 7.60 Å². The van der Waals surface area contributed by atoms with Gasteiger partial charge in [-0.2, -0.15) is 0 Å². The van der Waals surface area contributed by atoms with Crippen LogP contribution in [-0.4, -0.2) is 51.3 Å². The molecule has 0 amide bonds. The first-order valence-corrected chi connectivity index (χ1v) is 5.28. The quantitative estimate of drug-likeness (QED) is 0.329. The molecule has 0 aromatic carbocycles. The lowest BCUT2D eigenvalue weighted by Gasteiger charge is -2.11. The maximum absolute atomic E-state index is 10.3. The number of carbonyl (C=O) groups is 1. The monoisotopic (exact) mass is 213 g/mol. The van der Waals surface area contributed by atoms with Gasteiger partial charge in [0.15, 0.2) is 0 Å². The summed E-state index contributed by atoms with van der Waals surface area (Å²) in [6.07, 6.45) is -0.448. The van der Waals surface area contributed by atoms with E-state index in [1.165, 1.54) is 0 Å². The Bertz CT molecular complexity index is 213. The van der Waals surface area contributed by atoms with Crippen molar-refractivity contribution in [2.75, 3.05) is 19.3 Å². The van der Waals surface area contributed by atoms with Crippen LogP contribution in [0.4, 0.5) is 0 Å². The molecule has 0 rings (SSSR count). The second kappa shape index (κ2) is 5.31. The molecule has 0 saturated heterocycles. The SMILES string of the molecule is O=C(O)[C@H](CO)NCCP(=O)(O)O. The lowest BCUT2D eigenvalue weighted by molar-refractivity contribution is -0.140. The van der Waals surface area contributed by atoms with Crippen LogP contribution in [0.5, 0.6) is 0 Å². The third-order valence-electron chi connectivity index (χ3n) is 1.27. The second-order valence-corrected chi connectivity index (χ2v) is 4.19. The van der Waals surface area contributed by atoms with E-state index < -0.39 is 32.4 Å². The predicted octanol–water partition coefficient (Wildman–Crippen LogP) is -1.80. The summed E-state index contributed by atoms with van der Waals surface area (Å²) in [4.78, 5) is 27.1. The second-order valence-electron chi connectivity index (χ2n) is 2.42. The number of aliphatic carboxylic acids is 1. The van der Waals surface area contributed by atoms with Crippen molar-refractivity contribution in [1.82, 2.24) is 5.32 Å². The third kappa shape index (κ3) is 6.68. The van der Waals surface area contributed by atoms with Gasteiger partial charge < -0.3 is 25.3 Å². The van der Waals surface area contributed by atoms with Crippen molar-refractivity contribution in [2.24, 2.45) is 0 Å². The molecule has 8 heteroatoms. The first kappa shape index (κ1) is 12.5. The Labute approximate surface area is 74.6 Å². The minimum atomic E-state index is -4.10. The summed E-state index contributed by atoms with van der Waals surface area (Å²) in [5.41, 5.74) is 0. The van der Waals surface area contributed by atoms with Crippen molar-refractivity contribution in [3.8, 4) is 0 Å². The summed E-state index contributed by atoms with van der Waals surface area (Å²) in [5, 5.41) is 19.2. The van der Waals surface area contributed by atoms with Gasteiger partial charge in [0.1, 0.15) is 6.04 Å². The van der Waals surface area contributed by atoms with Crippen molar-refractivity contribution >= 4 is 13.6 Å². The fourth-order valence-corrected chi connectivity index (χ4v) is 1.03. The molecule has 0 radical (unpaired) electrons. The van der Waals surface area contributed by atoms with Gasteiger partial charge in [0.2, 0.25) is 0 Å². The number of rotatable bonds is 6. The van der Waals surface area contributed by atoms with Gasteiger partial charge in [-0.15, -0.1) is 0 Å². The van der Waals surface area contributed by atoms with Crippen molar-refractivity contribution in [2.45, 2.75) is 6.04 Å². The molecule has 0 aliphatic carbocycles. The van der Waals surface area contributed by atoms with Crippen LogP contribution in [0.15, 0.2) is 0 Å². The molecule has 0 aromatic rings. The van der Waals surface area contributed by atoms with E-state index >= 15 is 0 Å². The molecule has 0 fully saturated rings. The van der Waals surface area contributed by atoms with E-state index in [1.54, 1.807) is 0 Å². The number of carboxylic acids is 1. The number of carboxylic acid groups (broad SMARTS) is 1. The topological polar surface area (TPSA) is 127 Å². The Morgan fingerprint density at radius 1 is 1.46 bits per heavy atom. The number of aliphatic hydroxyl groups excluding tert-OH is 1. The number of nitrogens with one attached hydrogen (secondary N) is 1. The van der Waals surface area contributed by atoms with Gasteiger partial charge >= 0.3 is 13.6 Å². The van der Waals surface area contributed by atoms with Crippen LogP contribution in [0.25, 0.3) is 0 Å². The molecule has 0 saturated carbocycles. The number of hydrogen-bond acceptors (Lipinski definition) is 4. The van der Waals surface area contributed by atoms with E-state index in [-0.39, 0.29) is 6.54 Å². The van der Waals surface area contributed by atoms with E-state index in [0.717, 1.165) is 0 Å². The Hall–Kier alpha value is -0.460. The minimum Gasteiger partial charge on any atom is -0.480 e. The van der Waals surface area contributed by atoms with Crippen molar-refractivity contribution < 1.29 is 29.4 Å². The number of aliphatic hydroxyl groups is 1.